The van der Waals surface area contributed by atoms with Crippen molar-refractivity contribution in [3.8, 4) is 5.75 Å². The highest BCUT2D eigenvalue weighted by Gasteiger charge is 2.31. The van der Waals surface area contributed by atoms with Gasteiger partial charge < -0.3 is 10.1 Å². The Morgan fingerprint density at radius 1 is 1.39 bits per heavy atom. The number of halogens is 4. The van der Waals surface area contributed by atoms with Crippen LogP contribution in [0.3, 0.4) is 0 Å². The lowest BCUT2D eigenvalue weighted by Gasteiger charge is -2.09. The van der Waals surface area contributed by atoms with Crippen LogP contribution in [0.5, 0.6) is 5.75 Å². The summed E-state index contributed by atoms with van der Waals surface area (Å²) < 4.78 is 40.4. The van der Waals surface area contributed by atoms with Crippen molar-refractivity contribution in [2.45, 2.75) is 12.8 Å². The molecule has 0 amide bonds. The molecule has 0 saturated heterocycles. The lowest BCUT2D eigenvalue weighted by Crippen LogP contribution is -2.17. The lowest BCUT2D eigenvalue weighted by molar-refractivity contribution is -0.274. The SMILES string of the molecule is CNCCC=Cc1ccc(OC(F)(F)F)cc1Br. The van der Waals surface area contributed by atoms with Crippen LogP contribution in [0.1, 0.15) is 12.0 Å². The van der Waals surface area contributed by atoms with Crippen LogP contribution in [-0.4, -0.2) is 20.0 Å². The minimum absolute atomic E-state index is 0.234. The Bertz CT molecular complexity index is 418. The van der Waals surface area contributed by atoms with Crippen LogP contribution in [0.25, 0.3) is 6.08 Å². The summed E-state index contributed by atoms with van der Waals surface area (Å²) in [6.45, 7) is 0.851. The van der Waals surface area contributed by atoms with E-state index in [0.29, 0.717) is 4.47 Å². The van der Waals surface area contributed by atoms with E-state index in [0.717, 1.165) is 18.5 Å². The van der Waals surface area contributed by atoms with Crippen molar-refractivity contribution < 1.29 is 17.9 Å². The highest BCUT2D eigenvalue weighted by molar-refractivity contribution is 9.10. The number of ether oxygens (including phenoxy) is 1. The predicted octanol–water partition coefficient (Wildman–Crippen LogP) is 3.97. The number of rotatable bonds is 5. The quantitative estimate of drug-likeness (QED) is 0.828. The van der Waals surface area contributed by atoms with Gasteiger partial charge in [-0.2, -0.15) is 0 Å². The molecule has 0 unspecified atom stereocenters. The van der Waals surface area contributed by atoms with Crippen LogP contribution >= 0.6 is 15.9 Å². The van der Waals surface area contributed by atoms with E-state index >= 15 is 0 Å². The van der Waals surface area contributed by atoms with E-state index in [1.807, 2.05) is 19.2 Å². The van der Waals surface area contributed by atoms with E-state index < -0.39 is 6.36 Å². The van der Waals surface area contributed by atoms with Crippen molar-refractivity contribution in [1.29, 1.82) is 0 Å². The molecule has 0 radical (unpaired) electrons. The fourth-order valence-electron chi connectivity index (χ4n) is 1.28. The monoisotopic (exact) mass is 323 g/mol. The molecule has 0 aliphatic rings. The van der Waals surface area contributed by atoms with E-state index in [1.54, 1.807) is 6.07 Å². The van der Waals surface area contributed by atoms with E-state index in [2.05, 4.69) is 26.0 Å². The standard InChI is InChI=1S/C12H13BrF3NO/c1-17-7-3-2-4-9-5-6-10(8-11(9)13)18-12(14,15)16/h2,4-6,8,17H,3,7H2,1H3. The molecule has 2 nitrogen and oxygen atoms in total. The average molecular weight is 324 g/mol. The van der Waals surface area contributed by atoms with E-state index in [1.165, 1.54) is 12.1 Å². The Morgan fingerprint density at radius 2 is 2.11 bits per heavy atom. The van der Waals surface area contributed by atoms with Crippen LogP contribution in [-0.2, 0) is 0 Å². The van der Waals surface area contributed by atoms with Crippen molar-refractivity contribution in [3.63, 3.8) is 0 Å². The van der Waals surface area contributed by atoms with Crippen LogP contribution in [0, 0.1) is 0 Å². The van der Waals surface area contributed by atoms with Crippen molar-refractivity contribution >= 4 is 22.0 Å². The molecule has 0 fully saturated rings. The first kappa shape index (κ1) is 15.0. The molecule has 100 valence electrons. The summed E-state index contributed by atoms with van der Waals surface area (Å²) in [5, 5.41) is 3.00. The minimum Gasteiger partial charge on any atom is -0.406 e. The van der Waals surface area contributed by atoms with Gasteiger partial charge >= 0.3 is 6.36 Å². The molecule has 0 aliphatic carbocycles. The first-order valence-electron chi connectivity index (χ1n) is 5.29. The van der Waals surface area contributed by atoms with Gasteiger partial charge in [0.25, 0.3) is 0 Å². The third-order valence-electron chi connectivity index (χ3n) is 2.06. The number of alkyl halides is 3. The molecule has 0 bridgehead atoms. The van der Waals surface area contributed by atoms with E-state index in [4.69, 9.17) is 0 Å². The average Bonchev–Trinajstić information content (AvgIpc) is 2.24. The third kappa shape index (κ3) is 5.55. The Kier molecular flexibility index (Phi) is 5.68. The maximum Gasteiger partial charge on any atom is 0.573 e. The Morgan fingerprint density at radius 3 is 2.67 bits per heavy atom. The fraction of sp³-hybridized carbons (Fsp3) is 0.333. The molecule has 0 spiro atoms. The van der Waals surface area contributed by atoms with Gasteiger partial charge in [-0.3, -0.25) is 0 Å². The van der Waals surface area contributed by atoms with Gasteiger partial charge in [0.1, 0.15) is 5.75 Å². The topological polar surface area (TPSA) is 21.3 Å². The highest BCUT2D eigenvalue weighted by Crippen LogP contribution is 2.28. The van der Waals surface area contributed by atoms with Crippen molar-refractivity contribution in [2.24, 2.45) is 0 Å². The maximum absolute atomic E-state index is 12.0. The predicted molar refractivity (Wildman–Crippen MR) is 68.4 cm³/mol. The Balaban J connectivity index is 2.71. The largest absolute Gasteiger partial charge is 0.573 e. The van der Waals surface area contributed by atoms with Crippen LogP contribution in [0.2, 0.25) is 0 Å². The second-order valence-corrected chi connectivity index (χ2v) is 4.38. The second kappa shape index (κ2) is 6.80. The zero-order valence-electron chi connectivity index (χ0n) is 9.72. The van der Waals surface area contributed by atoms with Gasteiger partial charge in [-0.05, 0) is 37.7 Å². The zero-order valence-corrected chi connectivity index (χ0v) is 11.3. The van der Waals surface area contributed by atoms with Gasteiger partial charge in [0.05, 0.1) is 0 Å². The van der Waals surface area contributed by atoms with Crippen LogP contribution in [0.15, 0.2) is 28.7 Å². The van der Waals surface area contributed by atoms with E-state index in [9.17, 15) is 13.2 Å². The Hall–Kier alpha value is -1.01. The fourth-order valence-corrected chi connectivity index (χ4v) is 1.77. The van der Waals surface area contributed by atoms with Crippen molar-refractivity contribution in [2.75, 3.05) is 13.6 Å². The molecule has 0 aromatic heterocycles. The van der Waals surface area contributed by atoms with Gasteiger partial charge in [0.2, 0.25) is 0 Å². The molecular formula is C12H13BrF3NO. The van der Waals surface area contributed by atoms with Crippen molar-refractivity contribution in [3.05, 3.63) is 34.3 Å². The van der Waals surface area contributed by atoms with E-state index in [-0.39, 0.29) is 5.75 Å². The lowest BCUT2D eigenvalue weighted by atomic mass is 10.2. The summed E-state index contributed by atoms with van der Waals surface area (Å²) in [7, 11) is 1.85. The molecule has 6 heteroatoms. The number of hydrogen-bond acceptors (Lipinski definition) is 2. The first-order chi connectivity index (χ1) is 8.42. The molecular weight excluding hydrogens is 311 g/mol. The van der Waals surface area contributed by atoms with Gasteiger partial charge in [0, 0.05) is 4.47 Å². The molecule has 0 saturated carbocycles. The van der Waals surface area contributed by atoms with Gasteiger partial charge in [-0.1, -0.05) is 34.1 Å². The number of benzene rings is 1. The van der Waals surface area contributed by atoms with Gasteiger partial charge in [0.15, 0.2) is 0 Å². The summed E-state index contributed by atoms with van der Waals surface area (Å²) >= 11 is 3.21. The summed E-state index contributed by atoms with van der Waals surface area (Å²) in [4.78, 5) is 0. The van der Waals surface area contributed by atoms with Crippen molar-refractivity contribution in [1.82, 2.24) is 5.32 Å². The second-order valence-electron chi connectivity index (χ2n) is 3.53. The van der Waals surface area contributed by atoms with Gasteiger partial charge in [-0.15, -0.1) is 13.2 Å². The van der Waals surface area contributed by atoms with Crippen LogP contribution < -0.4 is 10.1 Å². The molecule has 0 aliphatic heterocycles. The Labute approximate surface area is 112 Å². The summed E-state index contributed by atoms with van der Waals surface area (Å²) in [5.41, 5.74) is 0.806. The third-order valence-corrected chi connectivity index (χ3v) is 2.75. The highest BCUT2D eigenvalue weighted by atomic mass is 79.9. The first-order valence-corrected chi connectivity index (χ1v) is 6.08. The summed E-state index contributed by atoms with van der Waals surface area (Å²) in [5.74, 6) is -0.234. The van der Waals surface area contributed by atoms with Gasteiger partial charge in [-0.25, -0.2) is 0 Å². The zero-order chi connectivity index (χ0) is 13.6. The smallest absolute Gasteiger partial charge is 0.406 e. The number of hydrogen-bond donors (Lipinski definition) is 1. The molecule has 1 aromatic rings. The normalized spacial score (nSPS) is 12.1. The molecule has 1 rings (SSSR count). The molecule has 0 atom stereocenters. The number of nitrogens with one attached hydrogen (secondary N) is 1. The summed E-state index contributed by atoms with van der Waals surface area (Å²) in [6, 6.07) is 4.16. The molecule has 0 heterocycles. The summed E-state index contributed by atoms with van der Waals surface area (Å²) in [6.07, 6.45) is -0.0208. The molecule has 18 heavy (non-hydrogen) atoms. The minimum atomic E-state index is -4.66. The maximum atomic E-state index is 12.0. The van der Waals surface area contributed by atoms with Crippen LogP contribution in [0.4, 0.5) is 13.2 Å². The molecule has 1 aromatic carbocycles. The molecule has 1 N–H and O–H groups in total.